The van der Waals surface area contributed by atoms with Crippen molar-refractivity contribution in [1.29, 1.82) is 0 Å². The normalized spacial score (nSPS) is 17.6. The first-order chi connectivity index (χ1) is 17.7. The number of nitrogens with zero attached hydrogens (tertiary/aromatic N) is 2. The van der Waals surface area contributed by atoms with Crippen LogP contribution >= 0.6 is 0 Å². The molecule has 2 aromatic carbocycles. The maximum Gasteiger partial charge on any atom is 0.255 e. The van der Waals surface area contributed by atoms with Crippen molar-refractivity contribution in [2.75, 3.05) is 19.9 Å². The fraction of sp³-hybridized carbons (Fsp3) is 0.414. The number of rotatable bonds is 9. The molecule has 1 atom stereocenters. The van der Waals surface area contributed by atoms with Gasteiger partial charge in [0.05, 0.1) is 6.61 Å². The van der Waals surface area contributed by atoms with Crippen molar-refractivity contribution in [2.24, 2.45) is 0 Å². The summed E-state index contributed by atoms with van der Waals surface area (Å²) < 4.78 is 11.3. The lowest BCUT2D eigenvalue weighted by atomic mass is 10.0. The van der Waals surface area contributed by atoms with Crippen LogP contribution in [0.3, 0.4) is 0 Å². The Morgan fingerprint density at radius 3 is 2.57 bits per heavy atom. The lowest BCUT2D eigenvalue weighted by Gasteiger charge is -2.35. The average Bonchev–Trinajstić information content (AvgIpc) is 3.18. The zero-order valence-electron chi connectivity index (χ0n) is 21.8. The summed E-state index contributed by atoms with van der Waals surface area (Å²) >= 11 is 0. The van der Waals surface area contributed by atoms with E-state index in [1.165, 1.54) is 4.90 Å². The van der Waals surface area contributed by atoms with E-state index >= 15 is 0 Å². The maximum absolute atomic E-state index is 13.2. The zero-order valence-corrected chi connectivity index (χ0v) is 22.8. The quantitative estimate of drug-likeness (QED) is 0.217. The second-order valence-corrected chi connectivity index (χ2v) is 16.3. The van der Waals surface area contributed by atoms with Gasteiger partial charge in [-0.2, -0.15) is 0 Å². The van der Waals surface area contributed by atoms with E-state index < -0.39 is 14.1 Å². The Bertz CT molecular complexity index is 1210. The number of likely N-dealkylation sites (tertiary alicyclic amines) is 1. The van der Waals surface area contributed by atoms with Crippen LogP contribution in [0.15, 0.2) is 48.5 Å². The molecule has 4 rings (SSSR count). The Morgan fingerprint density at radius 2 is 1.81 bits per heavy atom. The van der Waals surface area contributed by atoms with E-state index in [0.717, 1.165) is 22.7 Å². The van der Waals surface area contributed by atoms with Crippen LogP contribution in [0, 0.1) is 11.8 Å². The molecule has 1 fully saturated rings. The smallest absolute Gasteiger partial charge is 0.255 e. The van der Waals surface area contributed by atoms with E-state index in [1.54, 1.807) is 11.0 Å². The molecule has 2 aliphatic heterocycles. The van der Waals surface area contributed by atoms with Crippen LogP contribution in [0.25, 0.3) is 0 Å². The van der Waals surface area contributed by atoms with Gasteiger partial charge in [0.25, 0.3) is 11.8 Å². The molecule has 7 nitrogen and oxygen atoms in total. The van der Waals surface area contributed by atoms with Gasteiger partial charge >= 0.3 is 0 Å². The third-order valence-corrected chi connectivity index (χ3v) is 8.24. The fourth-order valence-corrected chi connectivity index (χ4v) is 5.14. The predicted octanol–water partition coefficient (Wildman–Crippen LogP) is 4.04. The first kappa shape index (κ1) is 26.8. The summed E-state index contributed by atoms with van der Waals surface area (Å²) in [5.41, 5.74) is 3.30. The number of amides is 3. The minimum absolute atomic E-state index is 0.0558. The van der Waals surface area contributed by atoms with Crippen molar-refractivity contribution in [2.45, 2.75) is 57.7 Å². The Kier molecular flexibility index (Phi) is 8.59. The third-order valence-electron chi connectivity index (χ3n) is 6.53. The van der Waals surface area contributed by atoms with Crippen LogP contribution in [0.1, 0.15) is 39.9 Å². The van der Waals surface area contributed by atoms with Crippen molar-refractivity contribution >= 4 is 25.8 Å². The summed E-state index contributed by atoms with van der Waals surface area (Å²) in [6, 6.07) is 15.7. The van der Waals surface area contributed by atoms with Gasteiger partial charge in [0.15, 0.2) is 0 Å². The van der Waals surface area contributed by atoms with Crippen molar-refractivity contribution < 1.29 is 23.9 Å². The highest BCUT2D eigenvalue weighted by Crippen LogP contribution is 2.29. The molecule has 37 heavy (non-hydrogen) atoms. The van der Waals surface area contributed by atoms with Gasteiger partial charge in [0.1, 0.15) is 19.4 Å². The second kappa shape index (κ2) is 11.9. The van der Waals surface area contributed by atoms with Crippen molar-refractivity contribution in [3.63, 3.8) is 0 Å². The van der Waals surface area contributed by atoms with Crippen molar-refractivity contribution in [3.8, 4) is 11.8 Å². The predicted molar refractivity (Wildman–Crippen MR) is 143 cm³/mol. The van der Waals surface area contributed by atoms with Gasteiger partial charge in [-0.15, -0.1) is 0 Å². The summed E-state index contributed by atoms with van der Waals surface area (Å²) in [5, 5.41) is 0. The van der Waals surface area contributed by atoms with Crippen LogP contribution in [-0.4, -0.2) is 61.6 Å². The SMILES string of the molecule is C[Si](C)(C)CCOCN1C(=O)CCC(N2Cc3cc(C#CCOCc4ccccc4)ccc3C2=O)C1=O. The monoisotopic (exact) mass is 518 g/mol. The Morgan fingerprint density at radius 1 is 1.03 bits per heavy atom. The summed E-state index contributed by atoms with van der Waals surface area (Å²) in [7, 11) is -1.27. The molecule has 0 aliphatic carbocycles. The molecule has 0 spiro atoms. The minimum atomic E-state index is -1.27. The van der Waals surface area contributed by atoms with Gasteiger partial charge < -0.3 is 14.4 Å². The molecular weight excluding hydrogens is 484 g/mol. The van der Waals surface area contributed by atoms with Crippen LogP contribution < -0.4 is 0 Å². The number of carbonyl (C=O) groups is 3. The molecule has 194 valence electrons. The molecule has 0 bridgehead atoms. The highest BCUT2D eigenvalue weighted by molar-refractivity contribution is 6.76. The van der Waals surface area contributed by atoms with E-state index in [-0.39, 0.29) is 30.9 Å². The molecule has 2 heterocycles. The van der Waals surface area contributed by atoms with Crippen molar-refractivity contribution in [3.05, 3.63) is 70.8 Å². The van der Waals surface area contributed by atoms with Gasteiger partial charge in [-0.1, -0.05) is 61.8 Å². The molecule has 0 radical (unpaired) electrons. The number of piperidine rings is 1. The molecule has 3 amide bonds. The first-order valence-corrected chi connectivity index (χ1v) is 16.4. The van der Waals surface area contributed by atoms with E-state index in [2.05, 4.69) is 31.5 Å². The van der Waals surface area contributed by atoms with Crippen LogP contribution in [0.5, 0.6) is 0 Å². The molecule has 0 N–H and O–H groups in total. The molecule has 1 unspecified atom stereocenters. The summed E-state index contributed by atoms with van der Waals surface area (Å²) in [6.45, 7) is 8.33. The van der Waals surface area contributed by atoms with Gasteiger partial charge in [0, 0.05) is 38.8 Å². The number of imide groups is 1. The molecule has 1 saturated heterocycles. The minimum Gasteiger partial charge on any atom is -0.364 e. The maximum atomic E-state index is 13.2. The topological polar surface area (TPSA) is 76.2 Å². The van der Waals surface area contributed by atoms with Crippen LogP contribution in [-0.2, 0) is 32.2 Å². The molecule has 2 aliphatic rings. The Hall–Kier alpha value is -3.25. The average molecular weight is 519 g/mol. The lowest BCUT2D eigenvalue weighted by molar-refractivity contribution is -0.158. The van der Waals surface area contributed by atoms with Gasteiger partial charge in [-0.3, -0.25) is 19.3 Å². The number of ether oxygens (including phenoxy) is 2. The number of fused-ring (bicyclic) bond motifs is 1. The van der Waals surface area contributed by atoms with E-state index in [1.807, 2.05) is 42.5 Å². The number of hydrogen-bond donors (Lipinski definition) is 0. The van der Waals surface area contributed by atoms with Crippen molar-refractivity contribution in [1.82, 2.24) is 9.80 Å². The molecule has 0 aromatic heterocycles. The number of hydrogen-bond acceptors (Lipinski definition) is 5. The fourth-order valence-electron chi connectivity index (χ4n) is 4.39. The molecular formula is C29H34N2O5Si. The molecule has 8 heteroatoms. The highest BCUT2D eigenvalue weighted by Gasteiger charge is 2.42. The standard InChI is InChI=1S/C29H34N2O5Si/c1-37(2,3)17-16-36-21-31-27(32)14-13-26(29(31)34)30-19-24-18-22(11-12-25(24)28(30)33)10-7-15-35-20-23-8-5-4-6-9-23/h4-6,8-9,11-12,18,26H,13-17,19-21H2,1-3H3. The third kappa shape index (κ3) is 6.95. The molecule has 2 aromatic rings. The zero-order chi connectivity index (χ0) is 26.4. The van der Waals surface area contributed by atoms with Gasteiger partial charge in [-0.25, -0.2) is 0 Å². The summed E-state index contributed by atoms with van der Waals surface area (Å²) in [4.78, 5) is 41.5. The first-order valence-electron chi connectivity index (χ1n) is 12.7. The largest absolute Gasteiger partial charge is 0.364 e. The molecule has 0 saturated carbocycles. The number of carbonyl (C=O) groups excluding carboxylic acids is 3. The van der Waals surface area contributed by atoms with Crippen LogP contribution in [0.4, 0.5) is 0 Å². The van der Waals surface area contributed by atoms with Crippen LogP contribution in [0.2, 0.25) is 25.7 Å². The second-order valence-electron chi connectivity index (χ2n) is 10.6. The Balaban J connectivity index is 1.34. The lowest BCUT2D eigenvalue weighted by Crippen LogP contribution is -2.55. The summed E-state index contributed by atoms with van der Waals surface area (Å²) in [5.74, 6) is 5.32. The van der Waals surface area contributed by atoms with Gasteiger partial charge in [0.2, 0.25) is 5.91 Å². The summed E-state index contributed by atoms with van der Waals surface area (Å²) in [6.07, 6.45) is 0.543. The van der Waals surface area contributed by atoms with E-state index in [0.29, 0.717) is 38.3 Å². The van der Waals surface area contributed by atoms with E-state index in [4.69, 9.17) is 9.47 Å². The number of benzene rings is 2. The van der Waals surface area contributed by atoms with E-state index in [9.17, 15) is 14.4 Å². The van der Waals surface area contributed by atoms with Gasteiger partial charge in [-0.05, 0) is 41.8 Å². The Labute approximate surface area is 219 Å². The highest BCUT2D eigenvalue weighted by atomic mass is 28.3.